The van der Waals surface area contributed by atoms with E-state index >= 15 is 0 Å². The predicted molar refractivity (Wildman–Crippen MR) is 68.1 cm³/mol. The molecule has 4 N–H and O–H groups in total. The van der Waals surface area contributed by atoms with Crippen LogP contribution in [0, 0.1) is 5.82 Å². The van der Waals surface area contributed by atoms with Crippen LogP contribution in [0.2, 0.25) is 0 Å². The third-order valence-corrected chi connectivity index (χ3v) is 3.31. The van der Waals surface area contributed by atoms with E-state index in [1.807, 2.05) is 0 Å². The molecule has 0 unspecified atom stereocenters. The van der Waals surface area contributed by atoms with Gasteiger partial charge in [-0.1, -0.05) is 0 Å². The van der Waals surface area contributed by atoms with E-state index in [4.69, 9.17) is 10.5 Å². The summed E-state index contributed by atoms with van der Waals surface area (Å²) in [7, 11) is 0. The van der Waals surface area contributed by atoms with E-state index in [1.165, 1.54) is 6.07 Å². The number of benzene rings is 1. The molecular weight excluding hydrogens is 251 g/mol. The van der Waals surface area contributed by atoms with Crippen molar-refractivity contribution >= 4 is 11.6 Å². The highest BCUT2D eigenvalue weighted by Gasteiger charge is 2.33. The number of nitrogens with one attached hydrogen (secondary N) is 1. The molecule has 0 spiro atoms. The molecule has 0 atom stereocenters. The van der Waals surface area contributed by atoms with Crippen LogP contribution in [0.3, 0.4) is 0 Å². The first-order valence-electron chi connectivity index (χ1n) is 6.12. The molecule has 5 nitrogen and oxygen atoms in total. The Morgan fingerprint density at radius 3 is 2.68 bits per heavy atom. The van der Waals surface area contributed by atoms with Crippen molar-refractivity contribution in [3.63, 3.8) is 0 Å². The van der Waals surface area contributed by atoms with Crippen molar-refractivity contribution < 1.29 is 19.0 Å². The fraction of sp³-hybridized carbons (Fsp3) is 0.462. The van der Waals surface area contributed by atoms with Gasteiger partial charge in [-0.05, 0) is 31.0 Å². The maximum absolute atomic E-state index is 13.2. The van der Waals surface area contributed by atoms with Crippen molar-refractivity contribution in [3.8, 4) is 0 Å². The number of nitrogen functional groups attached to an aromatic ring is 1. The van der Waals surface area contributed by atoms with Crippen LogP contribution in [0.15, 0.2) is 18.2 Å². The first-order chi connectivity index (χ1) is 9.04. The molecule has 0 aromatic heterocycles. The Hall–Kier alpha value is -1.66. The normalized spacial score (nSPS) is 18.0. The van der Waals surface area contributed by atoms with E-state index in [0.717, 1.165) is 12.1 Å². The number of rotatable bonds is 3. The van der Waals surface area contributed by atoms with Gasteiger partial charge < -0.3 is 20.9 Å². The number of amides is 1. The lowest BCUT2D eigenvalue weighted by atomic mass is 9.90. The molecule has 0 aliphatic carbocycles. The molecule has 0 bridgehead atoms. The van der Waals surface area contributed by atoms with Crippen molar-refractivity contribution in [2.24, 2.45) is 0 Å². The predicted octanol–water partition coefficient (Wildman–Crippen LogP) is 0.679. The van der Waals surface area contributed by atoms with Gasteiger partial charge in [0.25, 0.3) is 5.91 Å². The Morgan fingerprint density at radius 1 is 1.42 bits per heavy atom. The molecule has 2 rings (SSSR count). The summed E-state index contributed by atoms with van der Waals surface area (Å²) in [5, 5.41) is 12.2. The minimum absolute atomic E-state index is 0.150. The van der Waals surface area contributed by atoms with Crippen molar-refractivity contribution in [3.05, 3.63) is 29.6 Å². The Morgan fingerprint density at radius 2 is 2.11 bits per heavy atom. The summed E-state index contributed by atoms with van der Waals surface area (Å²) in [6.07, 6.45) is 1.06. The molecule has 1 heterocycles. The Balaban J connectivity index is 2.15. The van der Waals surface area contributed by atoms with Gasteiger partial charge >= 0.3 is 0 Å². The van der Waals surface area contributed by atoms with E-state index in [0.29, 0.717) is 26.1 Å². The van der Waals surface area contributed by atoms with Crippen LogP contribution < -0.4 is 11.1 Å². The van der Waals surface area contributed by atoms with Crippen molar-refractivity contribution in [1.29, 1.82) is 0 Å². The Bertz CT molecular complexity index is 453. The Kier molecular flexibility index (Phi) is 4.01. The molecule has 104 valence electrons. The van der Waals surface area contributed by atoms with Crippen LogP contribution in [-0.2, 0) is 4.74 Å². The first kappa shape index (κ1) is 13.8. The third kappa shape index (κ3) is 3.21. The second-order valence-corrected chi connectivity index (χ2v) is 4.78. The summed E-state index contributed by atoms with van der Waals surface area (Å²) in [5.74, 6) is -1.00. The molecule has 6 heteroatoms. The molecule has 0 saturated carbocycles. The van der Waals surface area contributed by atoms with Gasteiger partial charge in [-0.3, -0.25) is 4.79 Å². The van der Waals surface area contributed by atoms with Crippen molar-refractivity contribution in [2.75, 3.05) is 25.6 Å². The Labute approximate surface area is 110 Å². The molecule has 1 saturated heterocycles. The van der Waals surface area contributed by atoms with Gasteiger partial charge in [-0.15, -0.1) is 0 Å². The zero-order chi connectivity index (χ0) is 13.9. The molecule has 1 aromatic rings. The summed E-state index contributed by atoms with van der Waals surface area (Å²) >= 11 is 0. The fourth-order valence-electron chi connectivity index (χ4n) is 2.14. The topological polar surface area (TPSA) is 84.6 Å². The highest BCUT2D eigenvalue weighted by molar-refractivity contribution is 5.95. The van der Waals surface area contributed by atoms with E-state index in [9.17, 15) is 14.3 Å². The number of nitrogens with two attached hydrogens (primary N) is 1. The van der Waals surface area contributed by atoms with Gasteiger partial charge in [-0.25, -0.2) is 4.39 Å². The fourth-order valence-corrected chi connectivity index (χ4v) is 2.14. The van der Waals surface area contributed by atoms with Crippen LogP contribution in [0.5, 0.6) is 0 Å². The third-order valence-electron chi connectivity index (χ3n) is 3.31. The largest absolute Gasteiger partial charge is 0.399 e. The molecule has 1 aliphatic rings. The molecule has 1 fully saturated rings. The number of anilines is 1. The van der Waals surface area contributed by atoms with Crippen LogP contribution in [0.1, 0.15) is 23.2 Å². The maximum Gasteiger partial charge on any atom is 0.251 e. The van der Waals surface area contributed by atoms with Gasteiger partial charge in [0, 0.05) is 24.5 Å². The van der Waals surface area contributed by atoms with Gasteiger partial charge in [-0.2, -0.15) is 0 Å². The van der Waals surface area contributed by atoms with Gasteiger partial charge in [0.15, 0.2) is 0 Å². The minimum Gasteiger partial charge on any atom is -0.399 e. The molecular formula is C13H17FN2O3. The number of carbonyl (C=O) groups excluding carboxylic acids is 1. The van der Waals surface area contributed by atoms with Crippen LogP contribution >= 0.6 is 0 Å². The maximum atomic E-state index is 13.2. The monoisotopic (exact) mass is 268 g/mol. The highest BCUT2D eigenvalue weighted by Crippen LogP contribution is 2.21. The van der Waals surface area contributed by atoms with Crippen LogP contribution in [0.25, 0.3) is 0 Å². The minimum atomic E-state index is -0.698. The molecule has 0 radical (unpaired) electrons. The molecule has 1 aromatic carbocycles. The average Bonchev–Trinajstić information content (AvgIpc) is 2.38. The summed E-state index contributed by atoms with van der Waals surface area (Å²) < 4.78 is 18.4. The lowest BCUT2D eigenvalue weighted by molar-refractivity contribution is 0.0125. The summed E-state index contributed by atoms with van der Waals surface area (Å²) in [4.78, 5) is 12.1. The standard InChI is InChI=1S/C13H17FN2O3/c14-10-5-9(6-11(15)7-10)12(18)16-13(8-17)1-3-19-4-2-13/h5-7,17H,1-4,8,15H2,(H,16,18). The van der Waals surface area contributed by atoms with E-state index in [2.05, 4.69) is 5.32 Å². The molecule has 1 aliphatic heterocycles. The molecule has 1 amide bonds. The zero-order valence-corrected chi connectivity index (χ0v) is 10.5. The lowest BCUT2D eigenvalue weighted by Gasteiger charge is -2.36. The number of carbonyl (C=O) groups is 1. The average molecular weight is 268 g/mol. The number of aliphatic hydroxyl groups is 1. The van der Waals surface area contributed by atoms with Crippen LogP contribution in [0.4, 0.5) is 10.1 Å². The summed E-state index contributed by atoms with van der Waals surface area (Å²) in [5.41, 5.74) is 5.15. The SMILES string of the molecule is Nc1cc(F)cc(C(=O)NC2(CO)CCOCC2)c1. The van der Waals surface area contributed by atoms with Gasteiger partial charge in [0.05, 0.1) is 12.1 Å². The lowest BCUT2D eigenvalue weighted by Crippen LogP contribution is -2.54. The number of hydrogen-bond donors (Lipinski definition) is 3. The quantitative estimate of drug-likeness (QED) is 0.704. The smallest absolute Gasteiger partial charge is 0.251 e. The zero-order valence-electron chi connectivity index (χ0n) is 10.5. The van der Waals surface area contributed by atoms with E-state index in [-0.39, 0.29) is 17.9 Å². The van der Waals surface area contributed by atoms with E-state index in [1.54, 1.807) is 0 Å². The molecule has 19 heavy (non-hydrogen) atoms. The van der Waals surface area contributed by atoms with Crippen LogP contribution in [-0.4, -0.2) is 36.4 Å². The van der Waals surface area contributed by atoms with Crippen molar-refractivity contribution in [1.82, 2.24) is 5.32 Å². The second-order valence-electron chi connectivity index (χ2n) is 4.78. The van der Waals surface area contributed by atoms with E-state index < -0.39 is 17.3 Å². The summed E-state index contributed by atoms with van der Waals surface area (Å²) in [6.45, 7) is 0.783. The number of halogens is 1. The number of hydrogen-bond acceptors (Lipinski definition) is 4. The highest BCUT2D eigenvalue weighted by atomic mass is 19.1. The second kappa shape index (κ2) is 5.54. The van der Waals surface area contributed by atoms with Crippen molar-refractivity contribution in [2.45, 2.75) is 18.4 Å². The first-order valence-corrected chi connectivity index (χ1v) is 6.12. The van der Waals surface area contributed by atoms with Gasteiger partial charge in [0.1, 0.15) is 5.82 Å². The van der Waals surface area contributed by atoms with Gasteiger partial charge in [0.2, 0.25) is 0 Å². The summed E-state index contributed by atoms with van der Waals surface area (Å²) in [6, 6.07) is 3.67. The number of ether oxygens (including phenoxy) is 1. The number of aliphatic hydroxyl groups excluding tert-OH is 1.